The van der Waals surface area contributed by atoms with E-state index in [0.29, 0.717) is 19.8 Å². The average Bonchev–Trinajstić information content (AvgIpc) is 2.52. The third-order valence-electron chi connectivity index (χ3n) is 3.70. The summed E-state index contributed by atoms with van der Waals surface area (Å²) in [5, 5.41) is 0. The molecule has 0 saturated heterocycles. The Hall–Kier alpha value is -1.01. The molecule has 0 aliphatic rings. The minimum atomic E-state index is -2.62. The van der Waals surface area contributed by atoms with E-state index in [1.165, 1.54) is 11.1 Å². The monoisotopic (exact) mass is 365 g/mol. The predicted octanol–water partition coefficient (Wildman–Crippen LogP) is 4.89. The summed E-state index contributed by atoms with van der Waals surface area (Å²) in [7, 11) is -2.62. The molecule has 1 aromatic carbocycles. The van der Waals surface area contributed by atoms with Crippen LogP contribution in [0.25, 0.3) is 0 Å². The van der Waals surface area contributed by atoms with E-state index < -0.39 is 8.80 Å². The van der Waals surface area contributed by atoms with Gasteiger partial charge in [-0.3, -0.25) is 4.99 Å². The Labute approximate surface area is 155 Å². The maximum atomic E-state index is 5.98. The fourth-order valence-corrected chi connectivity index (χ4v) is 5.52. The molecule has 0 saturated carbocycles. The minimum absolute atomic E-state index is 0.0856. The van der Waals surface area contributed by atoms with E-state index in [0.717, 1.165) is 18.2 Å². The molecule has 0 radical (unpaired) electrons. The van der Waals surface area contributed by atoms with Crippen molar-refractivity contribution >= 4 is 14.5 Å². The van der Waals surface area contributed by atoms with E-state index in [2.05, 4.69) is 52.0 Å². The highest BCUT2D eigenvalue weighted by atomic mass is 28.4. The van der Waals surface area contributed by atoms with Crippen LogP contribution in [0.5, 0.6) is 0 Å². The number of aliphatic imine (C=N–C) groups is 1. The van der Waals surface area contributed by atoms with Crippen molar-refractivity contribution in [2.24, 2.45) is 4.99 Å². The van der Waals surface area contributed by atoms with Gasteiger partial charge in [-0.1, -0.05) is 24.3 Å². The standard InChI is InChI=1S/C20H35NO3Si/c1-8-22-25(23-9-2,24-10-3)16-15-18-13-11-12-14-19(18)17(4)21-20(5,6)7/h11-14H,8-10,15-16H2,1-7H3. The first-order chi connectivity index (χ1) is 11.8. The van der Waals surface area contributed by atoms with Crippen LogP contribution in [0.1, 0.15) is 59.6 Å². The molecule has 1 aromatic rings. The number of aryl methyl sites for hydroxylation is 1. The second-order valence-corrected chi connectivity index (χ2v) is 9.74. The molecule has 0 unspecified atom stereocenters. The summed E-state index contributed by atoms with van der Waals surface area (Å²) in [6.07, 6.45) is 0.861. The molecule has 0 atom stereocenters. The normalized spacial score (nSPS) is 13.3. The van der Waals surface area contributed by atoms with Gasteiger partial charge >= 0.3 is 8.80 Å². The highest BCUT2D eigenvalue weighted by molar-refractivity contribution is 6.60. The minimum Gasteiger partial charge on any atom is -0.374 e. The van der Waals surface area contributed by atoms with E-state index in [1.807, 2.05) is 20.8 Å². The summed E-state index contributed by atoms with van der Waals surface area (Å²) >= 11 is 0. The van der Waals surface area contributed by atoms with Crippen LogP contribution < -0.4 is 0 Å². The fraction of sp³-hybridized carbons (Fsp3) is 0.650. The molecule has 0 N–H and O–H groups in total. The molecule has 4 nitrogen and oxygen atoms in total. The van der Waals surface area contributed by atoms with Crippen molar-refractivity contribution in [2.75, 3.05) is 19.8 Å². The van der Waals surface area contributed by atoms with Crippen LogP contribution in [0, 0.1) is 0 Å². The zero-order valence-corrected chi connectivity index (χ0v) is 18.0. The van der Waals surface area contributed by atoms with Crippen molar-refractivity contribution in [1.29, 1.82) is 0 Å². The summed E-state index contributed by atoms with van der Waals surface area (Å²) in [5.41, 5.74) is 3.45. The summed E-state index contributed by atoms with van der Waals surface area (Å²) in [6, 6.07) is 9.24. The van der Waals surface area contributed by atoms with E-state index >= 15 is 0 Å². The van der Waals surface area contributed by atoms with Crippen molar-refractivity contribution in [3.63, 3.8) is 0 Å². The van der Waals surface area contributed by atoms with Crippen LogP contribution in [0.15, 0.2) is 29.3 Å². The lowest BCUT2D eigenvalue weighted by atomic mass is 10.0. The van der Waals surface area contributed by atoms with Gasteiger partial charge in [0.1, 0.15) is 0 Å². The molecular formula is C20H35NO3Si. The first-order valence-corrected chi connectivity index (χ1v) is 11.3. The predicted molar refractivity (Wildman–Crippen MR) is 108 cm³/mol. The Morgan fingerprint density at radius 2 is 1.48 bits per heavy atom. The van der Waals surface area contributed by atoms with Crippen molar-refractivity contribution in [3.8, 4) is 0 Å². The molecule has 1 rings (SSSR count). The Kier molecular flexibility index (Phi) is 9.00. The highest BCUT2D eigenvalue weighted by Crippen LogP contribution is 2.22. The van der Waals surface area contributed by atoms with Crippen LogP contribution >= 0.6 is 0 Å². The Bertz CT molecular complexity index is 535. The molecule has 0 aliphatic heterocycles. The van der Waals surface area contributed by atoms with Gasteiger partial charge in [0.2, 0.25) is 0 Å². The Balaban J connectivity index is 3.04. The van der Waals surface area contributed by atoms with Crippen LogP contribution in [0.2, 0.25) is 6.04 Å². The molecule has 5 heteroatoms. The lowest BCUT2D eigenvalue weighted by Gasteiger charge is -2.28. The van der Waals surface area contributed by atoms with Gasteiger partial charge in [0.05, 0.1) is 5.54 Å². The third kappa shape index (κ3) is 7.40. The van der Waals surface area contributed by atoms with E-state index in [-0.39, 0.29) is 5.54 Å². The smallest absolute Gasteiger partial charge is 0.374 e. The maximum Gasteiger partial charge on any atom is 0.501 e. The van der Waals surface area contributed by atoms with Crippen LogP contribution in [-0.2, 0) is 19.7 Å². The molecule has 0 aromatic heterocycles. The van der Waals surface area contributed by atoms with E-state index in [1.54, 1.807) is 0 Å². The molecule has 0 amide bonds. The second kappa shape index (κ2) is 10.2. The van der Waals surface area contributed by atoms with Gasteiger partial charge in [-0.2, -0.15) is 0 Å². The topological polar surface area (TPSA) is 40.0 Å². The number of hydrogen-bond donors (Lipinski definition) is 0. The second-order valence-electron chi connectivity index (χ2n) is 7.01. The number of benzene rings is 1. The number of hydrogen-bond acceptors (Lipinski definition) is 4. The molecule has 0 spiro atoms. The Morgan fingerprint density at radius 3 is 1.96 bits per heavy atom. The van der Waals surface area contributed by atoms with E-state index in [9.17, 15) is 0 Å². The lowest BCUT2D eigenvalue weighted by Crippen LogP contribution is -2.46. The van der Waals surface area contributed by atoms with Gasteiger partial charge in [-0.05, 0) is 66.0 Å². The quantitative estimate of drug-likeness (QED) is 0.438. The zero-order chi connectivity index (χ0) is 18.9. The van der Waals surface area contributed by atoms with Gasteiger partial charge in [0.15, 0.2) is 0 Å². The van der Waals surface area contributed by atoms with Crippen molar-refractivity contribution in [2.45, 2.75) is 66.5 Å². The maximum absolute atomic E-state index is 5.98. The summed E-state index contributed by atoms with van der Waals surface area (Å²) < 4.78 is 17.9. The Morgan fingerprint density at radius 1 is 0.960 bits per heavy atom. The number of rotatable bonds is 10. The van der Waals surface area contributed by atoms with Crippen LogP contribution in [0.4, 0.5) is 0 Å². The summed E-state index contributed by atoms with van der Waals surface area (Å²) in [6.45, 7) is 16.3. The SMILES string of the molecule is CCO[Si](CCc1ccccc1C(C)=NC(C)(C)C)(OCC)OCC. The molecule has 25 heavy (non-hydrogen) atoms. The van der Waals surface area contributed by atoms with Gasteiger partial charge in [-0.15, -0.1) is 0 Å². The highest BCUT2D eigenvalue weighted by Gasteiger charge is 2.40. The summed E-state index contributed by atoms with van der Waals surface area (Å²) in [5.74, 6) is 0. The van der Waals surface area contributed by atoms with Crippen LogP contribution in [0.3, 0.4) is 0 Å². The molecule has 0 heterocycles. The van der Waals surface area contributed by atoms with E-state index in [4.69, 9.17) is 18.3 Å². The fourth-order valence-electron chi connectivity index (χ4n) is 2.94. The zero-order valence-electron chi connectivity index (χ0n) is 17.0. The van der Waals surface area contributed by atoms with Crippen molar-refractivity contribution in [3.05, 3.63) is 35.4 Å². The van der Waals surface area contributed by atoms with Crippen molar-refractivity contribution < 1.29 is 13.3 Å². The third-order valence-corrected chi connectivity index (χ3v) is 6.75. The average molecular weight is 366 g/mol. The van der Waals surface area contributed by atoms with Gasteiger partial charge < -0.3 is 13.3 Å². The van der Waals surface area contributed by atoms with Gasteiger partial charge in [-0.25, -0.2) is 0 Å². The lowest BCUT2D eigenvalue weighted by molar-refractivity contribution is 0.0714. The number of nitrogens with zero attached hydrogens (tertiary/aromatic N) is 1. The van der Waals surface area contributed by atoms with Gasteiger partial charge in [0, 0.05) is 31.6 Å². The summed E-state index contributed by atoms with van der Waals surface area (Å²) in [4.78, 5) is 4.83. The first kappa shape index (κ1) is 22.0. The first-order valence-electron chi connectivity index (χ1n) is 9.33. The molecule has 0 aliphatic carbocycles. The van der Waals surface area contributed by atoms with Crippen LogP contribution in [-0.4, -0.2) is 39.9 Å². The largest absolute Gasteiger partial charge is 0.501 e. The molecule has 0 bridgehead atoms. The molecular weight excluding hydrogens is 330 g/mol. The molecule has 0 fully saturated rings. The molecule has 142 valence electrons. The van der Waals surface area contributed by atoms with Gasteiger partial charge in [0.25, 0.3) is 0 Å². The van der Waals surface area contributed by atoms with Crippen molar-refractivity contribution in [1.82, 2.24) is 0 Å².